The normalized spacial score (nSPS) is 13.2. The van der Waals surface area contributed by atoms with Gasteiger partial charge in [-0.2, -0.15) is 0 Å². The average Bonchev–Trinajstić information content (AvgIpc) is 2.70. The molecule has 1 aliphatic rings. The Hall–Kier alpha value is -2.61. The van der Waals surface area contributed by atoms with Gasteiger partial charge in [-0.15, -0.1) is 12.6 Å². The number of aryl methyl sites for hydroxylation is 1. The number of hydrogen-bond acceptors (Lipinski definition) is 5. The van der Waals surface area contributed by atoms with Crippen molar-refractivity contribution in [3.05, 3.63) is 51.1 Å². The van der Waals surface area contributed by atoms with Gasteiger partial charge in [-0.3, -0.25) is 24.3 Å². The molecule has 0 spiro atoms. The van der Waals surface area contributed by atoms with E-state index in [2.05, 4.69) is 17.9 Å². The molecule has 0 bridgehead atoms. The van der Waals surface area contributed by atoms with Crippen molar-refractivity contribution in [2.75, 3.05) is 5.73 Å². The molecule has 2 amide bonds. The zero-order valence-electron chi connectivity index (χ0n) is 11.3. The van der Waals surface area contributed by atoms with E-state index in [1.807, 2.05) is 0 Å². The molecule has 0 radical (unpaired) electrons. The number of nitrogens with zero attached hydrogens (tertiary/aromatic N) is 1. The highest BCUT2D eigenvalue weighted by atomic mass is 32.1. The lowest BCUT2D eigenvalue weighted by molar-refractivity contribution is 0.0880. The van der Waals surface area contributed by atoms with Gasteiger partial charge in [0.05, 0.1) is 16.8 Å². The predicted molar refractivity (Wildman–Crippen MR) is 80.2 cm³/mol. The summed E-state index contributed by atoms with van der Waals surface area (Å²) in [6.45, 7) is 1.56. The quantitative estimate of drug-likeness (QED) is 0.541. The number of rotatable bonds is 1. The van der Waals surface area contributed by atoms with Crippen LogP contribution in [0.15, 0.2) is 27.9 Å². The third kappa shape index (κ3) is 1.92. The van der Waals surface area contributed by atoms with Crippen LogP contribution in [0.2, 0.25) is 0 Å². The summed E-state index contributed by atoms with van der Waals surface area (Å²) < 4.78 is 14.8. The number of thiol groups is 1. The summed E-state index contributed by atoms with van der Waals surface area (Å²) in [4.78, 5) is 35.9. The monoisotopic (exact) mass is 319 g/mol. The second-order valence-corrected chi connectivity index (χ2v) is 5.35. The van der Waals surface area contributed by atoms with Gasteiger partial charge in [0, 0.05) is 11.0 Å². The molecule has 6 nitrogen and oxygen atoms in total. The molecule has 1 aromatic heterocycles. The standard InChI is InChI=1S/C14H10FN3O3S/c1-5-2-9(22)8(4-7(5)15)18-10(19)3-6-11(12(18)16)14(21)17-13(6)20/h2-4,22H,16H2,1H3,(H,17,20,21). The van der Waals surface area contributed by atoms with Crippen molar-refractivity contribution in [2.24, 2.45) is 0 Å². The van der Waals surface area contributed by atoms with Crippen LogP contribution in [0.4, 0.5) is 10.2 Å². The Morgan fingerprint density at radius 3 is 2.55 bits per heavy atom. The lowest BCUT2D eigenvalue weighted by atomic mass is 10.1. The Labute approximate surface area is 129 Å². The number of carbonyl (C=O) groups is 2. The van der Waals surface area contributed by atoms with E-state index in [4.69, 9.17) is 5.73 Å². The van der Waals surface area contributed by atoms with E-state index < -0.39 is 23.2 Å². The molecule has 1 aliphatic heterocycles. The summed E-state index contributed by atoms with van der Waals surface area (Å²) >= 11 is 4.22. The van der Waals surface area contributed by atoms with Crippen molar-refractivity contribution in [3.8, 4) is 5.69 Å². The summed E-state index contributed by atoms with van der Waals surface area (Å²) in [5, 5.41) is 2.06. The first-order chi connectivity index (χ1) is 10.3. The lowest BCUT2D eigenvalue weighted by Gasteiger charge is -2.14. The van der Waals surface area contributed by atoms with Crippen LogP contribution in [0.25, 0.3) is 5.69 Å². The van der Waals surface area contributed by atoms with Gasteiger partial charge in [-0.1, -0.05) is 0 Å². The van der Waals surface area contributed by atoms with Gasteiger partial charge in [0.25, 0.3) is 17.4 Å². The van der Waals surface area contributed by atoms with Crippen LogP contribution in [-0.2, 0) is 0 Å². The van der Waals surface area contributed by atoms with Crippen LogP contribution in [0.5, 0.6) is 0 Å². The van der Waals surface area contributed by atoms with E-state index in [9.17, 15) is 18.8 Å². The number of halogens is 1. The van der Waals surface area contributed by atoms with Crippen molar-refractivity contribution in [1.82, 2.24) is 9.88 Å². The maximum Gasteiger partial charge on any atom is 0.262 e. The summed E-state index contributed by atoms with van der Waals surface area (Å²) in [7, 11) is 0. The molecule has 3 rings (SSSR count). The molecule has 112 valence electrons. The molecule has 0 atom stereocenters. The van der Waals surface area contributed by atoms with E-state index >= 15 is 0 Å². The number of aromatic nitrogens is 1. The Bertz CT molecular complexity index is 921. The number of nitrogens with one attached hydrogen (secondary N) is 1. The molecule has 22 heavy (non-hydrogen) atoms. The zero-order chi connectivity index (χ0) is 16.2. The number of amides is 2. The highest BCUT2D eigenvalue weighted by Crippen LogP contribution is 2.27. The molecule has 0 fully saturated rings. The van der Waals surface area contributed by atoms with Crippen LogP contribution in [0.1, 0.15) is 26.3 Å². The summed E-state index contributed by atoms with van der Waals surface area (Å²) in [5.74, 6) is -2.15. The van der Waals surface area contributed by atoms with Gasteiger partial charge >= 0.3 is 0 Å². The number of fused-ring (bicyclic) bond motifs is 1. The van der Waals surface area contributed by atoms with Gasteiger partial charge in [0.1, 0.15) is 11.6 Å². The second kappa shape index (κ2) is 4.70. The minimum Gasteiger partial charge on any atom is -0.384 e. The van der Waals surface area contributed by atoms with E-state index in [-0.39, 0.29) is 22.6 Å². The van der Waals surface area contributed by atoms with Crippen molar-refractivity contribution < 1.29 is 14.0 Å². The Morgan fingerprint density at radius 1 is 1.18 bits per heavy atom. The number of hydrogen-bond donors (Lipinski definition) is 3. The SMILES string of the molecule is Cc1cc(S)c(-n2c(N)c3c(cc2=O)C(=O)NC3=O)cc1F. The largest absolute Gasteiger partial charge is 0.384 e. The molecule has 3 N–H and O–H groups in total. The van der Waals surface area contributed by atoms with Crippen molar-refractivity contribution in [3.63, 3.8) is 0 Å². The maximum absolute atomic E-state index is 13.8. The van der Waals surface area contributed by atoms with Gasteiger partial charge in [0.2, 0.25) is 0 Å². The van der Waals surface area contributed by atoms with Gasteiger partial charge < -0.3 is 5.73 Å². The van der Waals surface area contributed by atoms with E-state index in [0.717, 1.165) is 16.7 Å². The second-order valence-electron chi connectivity index (χ2n) is 4.87. The number of anilines is 1. The lowest BCUT2D eigenvalue weighted by Crippen LogP contribution is -2.24. The minimum atomic E-state index is -0.695. The highest BCUT2D eigenvalue weighted by molar-refractivity contribution is 7.80. The predicted octanol–water partition coefficient (Wildman–Crippen LogP) is 1.04. The Morgan fingerprint density at radius 2 is 1.86 bits per heavy atom. The third-order valence-electron chi connectivity index (χ3n) is 3.45. The van der Waals surface area contributed by atoms with Crippen LogP contribution in [-0.4, -0.2) is 16.4 Å². The molecule has 0 aliphatic carbocycles. The molecular formula is C14H10FN3O3S. The average molecular weight is 319 g/mol. The summed E-state index contributed by atoms with van der Waals surface area (Å²) in [5.41, 5.74) is 5.49. The van der Waals surface area contributed by atoms with Gasteiger partial charge in [0.15, 0.2) is 0 Å². The number of nitrogen functional groups attached to an aromatic ring is 1. The molecule has 0 unspecified atom stereocenters. The van der Waals surface area contributed by atoms with E-state index in [0.29, 0.717) is 10.5 Å². The molecule has 0 saturated carbocycles. The van der Waals surface area contributed by atoms with Crippen LogP contribution < -0.4 is 16.6 Å². The number of benzene rings is 1. The topological polar surface area (TPSA) is 94.2 Å². The number of imide groups is 1. The van der Waals surface area contributed by atoms with E-state index in [1.165, 1.54) is 6.07 Å². The minimum absolute atomic E-state index is 0.0861. The molecular weight excluding hydrogens is 309 g/mol. The van der Waals surface area contributed by atoms with E-state index in [1.54, 1.807) is 6.92 Å². The van der Waals surface area contributed by atoms with Crippen molar-refractivity contribution in [1.29, 1.82) is 0 Å². The smallest absolute Gasteiger partial charge is 0.262 e. The highest BCUT2D eigenvalue weighted by Gasteiger charge is 2.32. The van der Waals surface area contributed by atoms with Gasteiger partial charge in [-0.25, -0.2) is 4.39 Å². The summed E-state index contributed by atoms with van der Waals surface area (Å²) in [6, 6.07) is 3.55. The van der Waals surface area contributed by atoms with Crippen molar-refractivity contribution in [2.45, 2.75) is 11.8 Å². The Balaban J connectivity index is 2.37. The van der Waals surface area contributed by atoms with Gasteiger partial charge in [-0.05, 0) is 24.6 Å². The molecule has 1 aromatic carbocycles. The molecule has 0 saturated heterocycles. The first kappa shape index (κ1) is 14.3. The number of nitrogens with two attached hydrogens (primary N) is 1. The maximum atomic E-state index is 13.8. The van der Waals surface area contributed by atoms with Crippen LogP contribution in [0.3, 0.4) is 0 Å². The van der Waals surface area contributed by atoms with Crippen LogP contribution >= 0.6 is 12.6 Å². The Kier molecular flexibility index (Phi) is 3.06. The van der Waals surface area contributed by atoms with Crippen molar-refractivity contribution >= 4 is 30.3 Å². The first-order valence-corrected chi connectivity index (χ1v) is 6.66. The number of pyridine rings is 1. The van der Waals surface area contributed by atoms with Crippen LogP contribution in [0, 0.1) is 12.7 Å². The fraction of sp³-hybridized carbons (Fsp3) is 0.0714. The first-order valence-electron chi connectivity index (χ1n) is 6.22. The fourth-order valence-electron chi connectivity index (χ4n) is 2.36. The molecule has 2 heterocycles. The number of carbonyl (C=O) groups excluding carboxylic acids is 2. The summed E-state index contributed by atoms with van der Waals surface area (Å²) in [6.07, 6.45) is 0. The third-order valence-corrected chi connectivity index (χ3v) is 3.81. The molecule has 2 aromatic rings. The fourth-order valence-corrected chi connectivity index (χ4v) is 2.72. The zero-order valence-corrected chi connectivity index (χ0v) is 12.2. The molecule has 8 heteroatoms.